The maximum atomic E-state index is 15.1. The first-order valence-corrected chi connectivity index (χ1v) is 19.3. The number of benzene rings is 4. The van der Waals surface area contributed by atoms with Crippen molar-refractivity contribution in [2.24, 2.45) is 7.05 Å². The van der Waals surface area contributed by atoms with E-state index >= 15 is 4.79 Å². The van der Waals surface area contributed by atoms with Crippen LogP contribution in [0.4, 0.5) is 14.5 Å². The van der Waals surface area contributed by atoms with Gasteiger partial charge in [-0.3, -0.25) is 14.5 Å². The fraction of sp³-hybridized carbons (Fsp3) is 0.326. The van der Waals surface area contributed by atoms with Crippen LogP contribution in [0.25, 0.3) is 11.3 Å². The van der Waals surface area contributed by atoms with Crippen LogP contribution in [0.3, 0.4) is 0 Å². The zero-order chi connectivity index (χ0) is 41.1. The Hall–Kier alpha value is -6.03. The van der Waals surface area contributed by atoms with Gasteiger partial charge in [-0.15, -0.1) is 0 Å². The molecule has 58 heavy (non-hydrogen) atoms. The zero-order valence-corrected chi connectivity index (χ0v) is 33.4. The maximum absolute atomic E-state index is 15.1. The van der Waals surface area contributed by atoms with Crippen molar-refractivity contribution in [3.63, 3.8) is 0 Å². The Kier molecular flexibility index (Phi) is 11.9. The highest BCUT2D eigenvalue weighted by molar-refractivity contribution is 6.08. The number of rotatable bonds is 11. The van der Waals surface area contributed by atoms with Crippen LogP contribution in [0.15, 0.2) is 84.9 Å². The molecule has 0 bridgehead atoms. The second kappa shape index (κ2) is 17.2. The minimum absolute atomic E-state index is 0.0906. The lowest BCUT2D eigenvalue weighted by Crippen LogP contribution is -2.52. The molecule has 12 heteroatoms. The number of carbonyl (C=O) groups excluding carboxylic acids is 2. The van der Waals surface area contributed by atoms with Crippen LogP contribution in [0.1, 0.15) is 66.2 Å². The molecular formula is C46H47F2N5O5. The van der Waals surface area contributed by atoms with E-state index in [2.05, 4.69) is 17.0 Å². The molecule has 7 rings (SSSR count). The predicted molar refractivity (Wildman–Crippen MR) is 218 cm³/mol. The van der Waals surface area contributed by atoms with Crippen molar-refractivity contribution in [1.29, 1.82) is 5.26 Å². The van der Waals surface area contributed by atoms with Gasteiger partial charge in [0, 0.05) is 61.9 Å². The van der Waals surface area contributed by atoms with Crippen LogP contribution in [0, 0.1) is 25.2 Å². The lowest BCUT2D eigenvalue weighted by atomic mass is 9.91. The molecule has 3 heterocycles. The van der Waals surface area contributed by atoms with Gasteiger partial charge in [0.15, 0.2) is 0 Å². The van der Waals surface area contributed by atoms with E-state index in [0.29, 0.717) is 66.7 Å². The van der Waals surface area contributed by atoms with Gasteiger partial charge in [0.05, 0.1) is 62.3 Å². The molecule has 5 aromatic rings. The monoisotopic (exact) mass is 787 g/mol. The van der Waals surface area contributed by atoms with Crippen molar-refractivity contribution in [2.75, 3.05) is 52.0 Å². The van der Waals surface area contributed by atoms with E-state index in [4.69, 9.17) is 14.2 Å². The molecule has 2 aliphatic heterocycles. The number of anilines is 1. The average molecular weight is 788 g/mol. The number of methoxy groups -OCH3 is 2. The van der Waals surface area contributed by atoms with Gasteiger partial charge in [0.1, 0.15) is 11.5 Å². The van der Waals surface area contributed by atoms with Gasteiger partial charge in [-0.05, 0) is 91.1 Å². The van der Waals surface area contributed by atoms with Gasteiger partial charge < -0.3 is 28.6 Å². The number of carbonyl (C=O) groups is 2. The summed E-state index contributed by atoms with van der Waals surface area (Å²) in [6, 6.07) is 26.9. The Balaban J connectivity index is 1.33. The van der Waals surface area contributed by atoms with Gasteiger partial charge in [0.25, 0.3) is 18.2 Å². The van der Waals surface area contributed by atoms with Crippen LogP contribution >= 0.6 is 0 Å². The fourth-order valence-corrected chi connectivity index (χ4v) is 8.10. The van der Waals surface area contributed by atoms with E-state index in [1.165, 1.54) is 24.8 Å². The summed E-state index contributed by atoms with van der Waals surface area (Å²) in [6.07, 6.45) is -2.25. The molecular weight excluding hydrogens is 741 g/mol. The molecule has 0 radical (unpaired) electrons. The Bertz CT molecular complexity index is 2360. The standard InChI is InChI=1S/C46H47F2N5O5/c1-29-33(11-8-12-42(29)56-4)26-52(35-15-13-31(25-49)14-16-35)45(54)37-23-41(50(3)30(37)2)38-22-40(44(47)48)43(57-5)24-39(38)46(55)53-27-34-10-7-6-9-32(34)21-36(53)28-51-17-19-58-20-18-51/h6-16,22-24,36,44H,17-21,26-28H2,1-5H3/t36-/m0/s1. The van der Waals surface area contributed by atoms with Crippen LogP contribution in [-0.4, -0.2) is 79.3 Å². The van der Waals surface area contributed by atoms with Gasteiger partial charge in [-0.25, -0.2) is 8.78 Å². The number of nitrogens with zero attached hydrogens (tertiary/aromatic N) is 5. The Morgan fingerprint density at radius 3 is 2.29 bits per heavy atom. The normalized spacial score (nSPS) is 15.5. The van der Waals surface area contributed by atoms with Gasteiger partial charge in [-0.1, -0.05) is 36.4 Å². The highest BCUT2D eigenvalue weighted by Gasteiger charge is 2.35. The van der Waals surface area contributed by atoms with Crippen molar-refractivity contribution in [3.05, 3.63) is 135 Å². The summed E-state index contributed by atoms with van der Waals surface area (Å²) in [5, 5.41) is 9.49. The first-order valence-electron chi connectivity index (χ1n) is 19.3. The third kappa shape index (κ3) is 7.92. The van der Waals surface area contributed by atoms with Gasteiger partial charge in [-0.2, -0.15) is 5.26 Å². The fourth-order valence-electron chi connectivity index (χ4n) is 8.10. The summed E-state index contributed by atoms with van der Waals surface area (Å²) in [5.41, 5.74) is 6.37. The number of hydrogen-bond donors (Lipinski definition) is 0. The van der Waals surface area contributed by atoms with Crippen LogP contribution in [-0.2, 0) is 31.3 Å². The van der Waals surface area contributed by atoms with E-state index < -0.39 is 6.43 Å². The molecule has 0 N–H and O–H groups in total. The number of fused-ring (bicyclic) bond motifs is 1. The molecule has 4 aromatic carbocycles. The second-order valence-electron chi connectivity index (χ2n) is 14.8. The summed E-state index contributed by atoms with van der Waals surface area (Å²) in [7, 11) is 4.67. The van der Waals surface area contributed by atoms with Crippen molar-refractivity contribution in [2.45, 2.75) is 45.8 Å². The van der Waals surface area contributed by atoms with Crippen LogP contribution in [0.2, 0.25) is 0 Å². The van der Waals surface area contributed by atoms with Crippen molar-refractivity contribution in [3.8, 4) is 28.8 Å². The Morgan fingerprint density at radius 1 is 0.914 bits per heavy atom. The summed E-state index contributed by atoms with van der Waals surface area (Å²) in [6.45, 7) is 7.61. The van der Waals surface area contributed by atoms with Gasteiger partial charge >= 0.3 is 0 Å². The van der Waals surface area contributed by atoms with E-state index in [1.54, 1.807) is 60.9 Å². The second-order valence-corrected chi connectivity index (χ2v) is 14.8. The molecule has 300 valence electrons. The molecule has 0 spiro atoms. The van der Waals surface area contributed by atoms with Crippen LogP contribution < -0.4 is 14.4 Å². The molecule has 1 saturated heterocycles. The third-order valence-electron chi connectivity index (χ3n) is 11.6. The number of aromatic nitrogens is 1. The van der Waals surface area contributed by atoms with E-state index in [-0.39, 0.29) is 46.8 Å². The molecule has 10 nitrogen and oxygen atoms in total. The molecule has 1 fully saturated rings. The topological polar surface area (TPSA) is 100 Å². The predicted octanol–water partition coefficient (Wildman–Crippen LogP) is 7.88. The first-order chi connectivity index (χ1) is 28.0. The number of amides is 2. The SMILES string of the molecule is COc1cc(C(=O)N2Cc3ccccc3C[C@H]2CN2CCOCC2)c(-c2cc(C(=O)N(Cc3cccc(OC)c3C)c3ccc(C#N)cc3)c(C)n2C)cc1C(F)F. The summed E-state index contributed by atoms with van der Waals surface area (Å²) < 4.78 is 47.9. The molecule has 1 aromatic heterocycles. The number of hydrogen-bond acceptors (Lipinski definition) is 7. The van der Waals surface area contributed by atoms with E-state index in [9.17, 15) is 18.8 Å². The summed E-state index contributed by atoms with van der Waals surface area (Å²) in [4.78, 5) is 35.7. The number of halogens is 2. The number of ether oxygens (including phenoxy) is 3. The molecule has 0 saturated carbocycles. The number of nitriles is 1. The lowest BCUT2D eigenvalue weighted by Gasteiger charge is -2.40. The summed E-state index contributed by atoms with van der Waals surface area (Å²) in [5.74, 6) is -0.0766. The first kappa shape index (κ1) is 40.2. The maximum Gasteiger partial charge on any atom is 0.267 e. The average Bonchev–Trinajstić information content (AvgIpc) is 3.55. The number of alkyl halides is 2. The Labute approximate surface area is 337 Å². The van der Waals surface area contributed by atoms with Gasteiger partial charge in [0.2, 0.25) is 0 Å². The number of morpholine rings is 1. The van der Waals surface area contributed by atoms with E-state index in [0.717, 1.165) is 29.8 Å². The van der Waals surface area contributed by atoms with E-state index in [1.807, 2.05) is 48.2 Å². The van der Waals surface area contributed by atoms with Crippen molar-refractivity contribution >= 4 is 17.5 Å². The van der Waals surface area contributed by atoms with Crippen molar-refractivity contribution < 1.29 is 32.6 Å². The minimum atomic E-state index is -2.89. The smallest absolute Gasteiger partial charge is 0.267 e. The molecule has 0 unspecified atom stereocenters. The van der Waals surface area contributed by atoms with Crippen LogP contribution in [0.5, 0.6) is 11.5 Å². The van der Waals surface area contributed by atoms with Crippen molar-refractivity contribution in [1.82, 2.24) is 14.4 Å². The highest BCUT2D eigenvalue weighted by atomic mass is 19.3. The minimum Gasteiger partial charge on any atom is -0.496 e. The highest BCUT2D eigenvalue weighted by Crippen LogP contribution is 2.39. The molecule has 2 aliphatic rings. The molecule has 0 aliphatic carbocycles. The molecule has 2 amide bonds. The Morgan fingerprint density at radius 2 is 1.62 bits per heavy atom. The molecule has 1 atom stereocenters. The summed E-state index contributed by atoms with van der Waals surface area (Å²) >= 11 is 0. The third-order valence-corrected chi connectivity index (χ3v) is 11.6. The zero-order valence-electron chi connectivity index (χ0n) is 33.4. The quantitative estimate of drug-likeness (QED) is 0.134. The lowest BCUT2D eigenvalue weighted by molar-refractivity contribution is 0.0193. The largest absolute Gasteiger partial charge is 0.496 e.